The van der Waals surface area contributed by atoms with Crippen LogP contribution in [0.1, 0.15) is 25.3 Å². The van der Waals surface area contributed by atoms with Crippen LogP contribution in [0.5, 0.6) is 0 Å². The molecule has 0 unspecified atom stereocenters. The number of hydrogen-bond donors (Lipinski definition) is 1. The monoisotopic (exact) mass is 365 g/mol. The minimum Gasteiger partial charge on any atom is -0.369 e. The Kier molecular flexibility index (Phi) is 5.48. The minimum atomic E-state index is -4.40. The van der Waals surface area contributed by atoms with Crippen molar-refractivity contribution in [1.82, 2.24) is 9.88 Å². The van der Waals surface area contributed by atoms with E-state index in [4.69, 9.17) is 0 Å². The predicted octanol–water partition coefficient (Wildman–Crippen LogP) is 4.01. The molecule has 1 aromatic rings. The third-order valence-corrected chi connectivity index (χ3v) is 4.31. The van der Waals surface area contributed by atoms with E-state index in [9.17, 15) is 13.2 Å². The molecule has 0 aromatic carbocycles. The second-order valence-corrected chi connectivity index (χ2v) is 6.22. The van der Waals surface area contributed by atoms with Crippen LogP contribution in [0.15, 0.2) is 16.7 Å². The Balaban J connectivity index is 1.97. The summed E-state index contributed by atoms with van der Waals surface area (Å²) in [5.41, 5.74) is -0.720. The van der Waals surface area contributed by atoms with Gasteiger partial charge >= 0.3 is 6.18 Å². The van der Waals surface area contributed by atoms with Gasteiger partial charge in [-0.1, -0.05) is 6.92 Å². The SMILES string of the molecule is CCN1CCC(CNc2ncc(Br)cc2C(F)(F)F)CC1. The summed E-state index contributed by atoms with van der Waals surface area (Å²) in [5, 5.41) is 2.88. The van der Waals surface area contributed by atoms with Gasteiger partial charge in [0.15, 0.2) is 0 Å². The Morgan fingerprint density at radius 3 is 2.62 bits per heavy atom. The lowest BCUT2D eigenvalue weighted by molar-refractivity contribution is -0.137. The maximum Gasteiger partial charge on any atom is 0.419 e. The number of rotatable bonds is 4. The molecule has 1 saturated heterocycles. The van der Waals surface area contributed by atoms with Gasteiger partial charge in [0.2, 0.25) is 0 Å². The van der Waals surface area contributed by atoms with E-state index in [1.54, 1.807) is 0 Å². The van der Waals surface area contributed by atoms with E-state index in [1.807, 2.05) is 0 Å². The number of likely N-dealkylation sites (tertiary alicyclic amines) is 1. The molecule has 2 rings (SSSR count). The summed E-state index contributed by atoms with van der Waals surface area (Å²) in [6, 6.07) is 1.06. The minimum absolute atomic E-state index is 0.0800. The highest BCUT2D eigenvalue weighted by Gasteiger charge is 2.34. The van der Waals surface area contributed by atoms with Gasteiger partial charge in [-0.25, -0.2) is 4.98 Å². The number of hydrogen-bond acceptors (Lipinski definition) is 3. The quantitative estimate of drug-likeness (QED) is 0.873. The summed E-state index contributed by atoms with van der Waals surface area (Å²) in [5.74, 6) is 0.322. The zero-order valence-electron chi connectivity index (χ0n) is 11.9. The van der Waals surface area contributed by atoms with Crippen molar-refractivity contribution < 1.29 is 13.2 Å². The van der Waals surface area contributed by atoms with Crippen molar-refractivity contribution in [2.45, 2.75) is 25.9 Å². The molecule has 1 fully saturated rings. The first-order chi connectivity index (χ1) is 9.90. The smallest absolute Gasteiger partial charge is 0.369 e. The topological polar surface area (TPSA) is 28.2 Å². The molecule has 1 aromatic heterocycles. The predicted molar refractivity (Wildman–Crippen MR) is 80.3 cm³/mol. The Morgan fingerprint density at radius 1 is 1.38 bits per heavy atom. The van der Waals surface area contributed by atoms with Gasteiger partial charge in [0, 0.05) is 17.2 Å². The molecule has 21 heavy (non-hydrogen) atoms. The van der Waals surface area contributed by atoms with Crippen molar-refractivity contribution in [2.24, 2.45) is 5.92 Å². The first-order valence-electron chi connectivity index (χ1n) is 7.09. The van der Waals surface area contributed by atoms with Crippen molar-refractivity contribution in [3.8, 4) is 0 Å². The van der Waals surface area contributed by atoms with Gasteiger partial charge < -0.3 is 10.2 Å². The van der Waals surface area contributed by atoms with Crippen molar-refractivity contribution in [2.75, 3.05) is 31.5 Å². The average Bonchev–Trinajstić information content (AvgIpc) is 2.45. The first-order valence-corrected chi connectivity index (χ1v) is 7.88. The second-order valence-electron chi connectivity index (χ2n) is 5.31. The molecule has 0 radical (unpaired) electrons. The zero-order chi connectivity index (χ0) is 15.5. The molecule has 0 bridgehead atoms. The van der Waals surface area contributed by atoms with Crippen LogP contribution in [-0.2, 0) is 6.18 Å². The molecule has 0 aliphatic carbocycles. The van der Waals surface area contributed by atoms with Crippen LogP contribution in [-0.4, -0.2) is 36.1 Å². The molecule has 0 spiro atoms. The van der Waals surface area contributed by atoms with Crippen LogP contribution in [0.2, 0.25) is 0 Å². The summed E-state index contributed by atoms with van der Waals surface area (Å²) < 4.78 is 39.3. The van der Waals surface area contributed by atoms with Crippen LogP contribution in [0.25, 0.3) is 0 Å². The number of pyridine rings is 1. The Labute approximate surface area is 131 Å². The van der Waals surface area contributed by atoms with Crippen LogP contribution in [0, 0.1) is 5.92 Å². The van der Waals surface area contributed by atoms with E-state index >= 15 is 0 Å². The Bertz CT molecular complexity index is 471. The van der Waals surface area contributed by atoms with Crippen molar-refractivity contribution in [1.29, 1.82) is 0 Å². The van der Waals surface area contributed by atoms with Gasteiger partial charge in [0.1, 0.15) is 5.82 Å². The molecule has 2 heterocycles. The molecular weight excluding hydrogens is 347 g/mol. The average molecular weight is 366 g/mol. The van der Waals surface area contributed by atoms with Crippen LogP contribution in [0.4, 0.5) is 19.0 Å². The number of nitrogens with one attached hydrogen (secondary N) is 1. The lowest BCUT2D eigenvalue weighted by Gasteiger charge is -2.31. The third kappa shape index (κ3) is 4.57. The van der Waals surface area contributed by atoms with Gasteiger partial charge in [0.05, 0.1) is 5.56 Å². The molecule has 1 aliphatic heterocycles. The lowest BCUT2D eigenvalue weighted by Crippen LogP contribution is -2.35. The van der Waals surface area contributed by atoms with Crippen molar-refractivity contribution in [3.63, 3.8) is 0 Å². The summed E-state index contributed by atoms with van der Waals surface area (Å²) >= 11 is 3.04. The molecule has 7 heteroatoms. The van der Waals surface area contributed by atoms with E-state index < -0.39 is 11.7 Å². The fourth-order valence-corrected chi connectivity index (χ4v) is 2.88. The van der Waals surface area contributed by atoms with Gasteiger partial charge in [-0.3, -0.25) is 0 Å². The number of aromatic nitrogens is 1. The van der Waals surface area contributed by atoms with Crippen LogP contribution in [0.3, 0.4) is 0 Å². The van der Waals surface area contributed by atoms with Gasteiger partial charge in [-0.2, -0.15) is 13.2 Å². The first kappa shape index (κ1) is 16.5. The Hall–Kier alpha value is -0.820. The molecule has 3 nitrogen and oxygen atoms in total. The van der Waals surface area contributed by atoms with Crippen molar-refractivity contribution in [3.05, 3.63) is 22.3 Å². The van der Waals surface area contributed by atoms with E-state index in [0.29, 0.717) is 16.9 Å². The Morgan fingerprint density at radius 2 is 2.05 bits per heavy atom. The van der Waals surface area contributed by atoms with Crippen LogP contribution >= 0.6 is 15.9 Å². The fourth-order valence-electron chi connectivity index (χ4n) is 2.54. The summed E-state index contributed by atoms with van der Waals surface area (Å²) in [4.78, 5) is 6.23. The summed E-state index contributed by atoms with van der Waals surface area (Å²) in [6.45, 7) is 5.73. The largest absolute Gasteiger partial charge is 0.419 e. The van der Waals surface area contributed by atoms with Gasteiger partial charge in [0.25, 0.3) is 0 Å². The zero-order valence-corrected chi connectivity index (χ0v) is 13.5. The number of anilines is 1. The van der Waals surface area contributed by atoms with Crippen LogP contribution < -0.4 is 5.32 Å². The summed E-state index contributed by atoms with van der Waals surface area (Å²) in [6.07, 6.45) is -0.987. The van der Waals surface area contributed by atoms with E-state index in [-0.39, 0.29) is 5.82 Å². The number of piperidine rings is 1. The fraction of sp³-hybridized carbons (Fsp3) is 0.643. The molecule has 0 saturated carbocycles. The lowest BCUT2D eigenvalue weighted by atomic mass is 9.97. The molecule has 0 amide bonds. The van der Waals surface area contributed by atoms with Gasteiger partial charge in [-0.05, 0) is 60.4 Å². The van der Waals surface area contributed by atoms with E-state index in [2.05, 4.69) is 38.1 Å². The van der Waals surface area contributed by atoms with Crippen molar-refractivity contribution >= 4 is 21.7 Å². The highest BCUT2D eigenvalue weighted by Crippen LogP contribution is 2.35. The van der Waals surface area contributed by atoms with E-state index in [0.717, 1.165) is 38.5 Å². The highest BCUT2D eigenvalue weighted by atomic mass is 79.9. The normalized spacial score (nSPS) is 18.0. The van der Waals surface area contributed by atoms with Gasteiger partial charge in [-0.15, -0.1) is 0 Å². The third-order valence-electron chi connectivity index (χ3n) is 3.87. The molecule has 1 aliphatic rings. The standard InChI is InChI=1S/C14H19BrF3N3/c1-2-21-5-3-10(4-6-21)8-19-13-12(14(16,17)18)7-11(15)9-20-13/h7,9-10H,2-6,8H2,1H3,(H,19,20). The van der Waals surface area contributed by atoms with E-state index in [1.165, 1.54) is 6.20 Å². The second kappa shape index (κ2) is 6.96. The number of nitrogens with zero attached hydrogens (tertiary/aromatic N) is 2. The highest BCUT2D eigenvalue weighted by molar-refractivity contribution is 9.10. The summed E-state index contributed by atoms with van der Waals surface area (Å²) in [7, 11) is 0. The molecular formula is C14H19BrF3N3. The maximum atomic E-state index is 13.0. The molecule has 0 atom stereocenters. The molecule has 118 valence electrons. The maximum absolute atomic E-state index is 13.0. The number of alkyl halides is 3. The number of halogens is 4. The molecule has 1 N–H and O–H groups in total.